The molecule has 22 heteroatoms. The number of benzene rings is 2. The molecule has 1 aromatic heterocycles. The second-order valence-corrected chi connectivity index (χ2v) is 17.1. The number of nitrogens with two attached hydrogens (primary N) is 1. The molecule has 0 aliphatic heterocycles. The summed E-state index contributed by atoms with van der Waals surface area (Å²) in [7, 11) is -5.11. The number of nitrogens with one attached hydrogen (secondary N) is 1. The van der Waals surface area contributed by atoms with Crippen molar-refractivity contribution >= 4 is 75.4 Å². The van der Waals surface area contributed by atoms with Gasteiger partial charge >= 0.3 is 18.2 Å². The summed E-state index contributed by atoms with van der Waals surface area (Å²) in [5.41, 5.74) is 7.03. The summed E-state index contributed by atoms with van der Waals surface area (Å²) in [6, 6.07) is 7.32. The normalized spacial score (nSPS) is 13.5. The van der Waals surface area contributed by atoms with Crippen LogP contribution in [0.3, 0.4) is 0 Å². The lowest BCUT2D eigenvalue weighted by molar-refractivity contribution is -0.138. The molecule has 0 radical (unpaired) electrons. The SMILES string of the molecule is CCc1cccc(C)c1N(C(=O)CCl)C(C)COC.CP(=O)(O)CCC(N)C(=O)O.Cc1nn(-c2cc(NS(C)(=O)=O)c(Cl)cc2Cl)c(=O)n1C(F)F. The first-order valence-electron chi connectivity index (χ1n) is 15.6. The summed E-state index contributed by atoms with van der Waals surface area (Å²) in [5.74, 6) is -1.48. The summed E-state index contributed by atoms with van der Waals surface area (Å²) in [5, 5.41) is 11.9. The van der Waals surface area contributed by atoms with Gasteiger partial charge in [0.05, 0.1) is 46.0 Å². The van der Waals surface area contributed by atoms with Crippen molar-refractivity contribution in [2.45, 2.75) is 59.2 Å². The lowest BCUT2D eigenvalue weighted by atomic mass is 10.0. The molecule has 3 atom stereocenters. The first kappa shape index (κ1) is 47.9. The fraction of sp³-hybridized carbons (Fsp3) is 0.484. The predicted molar refractivity (Wildman–Crippen MR) is 203 cm³/mol. The molecule has 3 unspecified atom stereocenters. The van der Waals surface area contributed by atoms with Gasteiger partial charge < -0.3 is 25.4 Å². The number of carboxylic acid groups (broad SMARTS) is 1. The highest BCUT2D eigenvalue weighted by molar-refractivity contribution is 7.92. The van der Waals surface area contributed by atoms with Crippen LogP contribution in [-0.2, 0) is 35.3 Å². The average molecular weight is 852 g/mol. The highest BCUT2D eigenvalue weighted by Crippen LogP contribution is 2.36. The monoisotopic (exact) mass is 850 g/mol. The highest BCUT2D eigenvalue weighted by atomic mass is 35.5. The molecule has 15 nitrogen and oxygen atoms in total. The van der Waals surface area contributed by atoms with Crippen LogP contribution in [0.25, 0.3) is 5.69 Å². The molecule has 1 heterocycles. The molecular weight excluding hydrogens is 808 g/mol. The number of para-hydroxylation sites is 1. The summed E-state index contributed by atoms with van der Waals surface area (Å²) in [6.45, 7) is 5.90. The van der Waals surface area contributed by atoms with E-state index in [1.165, 1.54) is 19.7 Å². The van der Waals surface area contributed by atoms with Crippen LogP contribution >= 0.6 is 42.2 Å². The summed E-state index contributed by atoms with van der Waals surface area (Å²) in [6.07, 6.45) is 1.78. The Morgan fingerprint density at radius 3 is 2.25 bits per heavy atom. The van der Waals surface area contributed by atoms with Crippen molar-refractivity contribution in [2.75, 3.05) is 48.3 Å². The number of aliphatic carboxylic acids is 1. The number of hydrogen-bond acceptors (Lipinski definition) is 9. The largest absolute Gasteiger partial charge is 0.480 e. The van der Waals surface area contributed by atoms with Crippen molar-refractivity contribution in [3.8, 4) is 5.69 Å². The second kappa shape index (κ2) is 21.1. The van der Waals surface area contributed by atoms with Crippen molar-refractivity contribution in [3.05, 3.63) is 67.8 Å². The molecule has 0 aliphatic carbocycles. The van der Waals surface area contributed by atoms with E-state index in [0.717, 1.165) is 35.6 Å². The fourth-order valence-electron chi connectivity index (χ4n) is 4.66. The van der Waals surface area contributed by atoms with Gasteiger partial charge in [0.1, 0.15) is 17.7 Å². The number of rotatable bonds is 14. The standard InChI is InChI=1S/C15H22ClNO2.C11H10Cl2F2N4O3S.C5H12NO4P/c1-5-13-8-6-7-11(2)15(13)17(14(18)9-16)12(3)10-19-4;1-5-16-19(11(20)18(5)10(14)15)9-4-8(17-23(2,21)22)6(12)3-7(9)13;1-11(9,10)3-2-4(6)5(7)8/h6-8,12H,5,9-10H2,1-4H3;3-4,10,17H,1-2H3;4H,2-3,6H2,1H3,(H,7,8)(H,9,10). The van der Waals surface area contributed by atoms with Gasteiger partial charge in [-0.05, 0) is 56.9 Å². The number of carbonyl (C=O) groups excluding carboxylic acids is 1. The van der Waals surface area contributed by atoms with Gasteiger partial charge in [-0.1, -0.05) is 48.3 Å². The Balaban J connectivity index is 0.000000423. The van der Waals surface area contributed by atoms with Crippen molar-refractivity contribution in [2.24, 2.45) is 5.73 Å². The zero-order valence-corrected chi connectivity index (χ0v) is 34.0. The number of halogens is 5. The molecule has 0 bridgehead atoms. The number of methoxy groups -OCH3 is 1. The van der Waals surface area contributed by atoms with Gasteiger partial charge in [-0.15, -0.1) is 16.7 Å². The smallest absolute Gasteiger partial charge is 0.355 e. The fourth-order valence-corrected chi connectivity index (χ4v) is 6.68. The molecule has 0 saturated heterocycles. The number of hydrogen-bond donors (Lipinski definition) is 4. The minimum atomic E-state index is -3.65. The van der Waals surface area contributed by atoms with Crippen LogP contribution in [0.5, 0.6) is 0 Å². The van der Waals surface area contributed by atoms with Crippen LogP contribution in [0.15, 0.2) is 35.1 Å². The minimum Gasteiger partial charge on any atom is -0.480 e. The van der Waals surface area contributed by atoms with Gasteiger partial charge in [-0.25, -0.2) is 17.8 Å². The van der Waals surface area contributed by atoms with Crippen molar-refractivity contribution in [3.63, 3.8) is 0 Å². The lowest BCUT2D eigenvalue weighted by Gasteiger charge is -2.31. The maximum absolute atomic E-state index is 12.8. The van der Waals surface area contributed by atoms with Crippen LogP contribution < -0.4 is 21.0 Å². The van der Waals surface area contributed by atoms with Gasteiger partial charge in [-0.3, -0.25) is 18.9 Å². The van der Waals surface area contributed by atoms with E-state index >= 15 is 0 Å². The molecule has 2 aromatic carbocycles. The number of sulfonamides is 1. The maximum atomic E-state index is 12.8. The number of amides is 1. The molecule has 3 aromatic rings. The Labute approximate surface area is 321 Å². The highest BCUT2D eigenvalue weighted by Gasteiger charge is 2.25. The van der Waals surface area contributed by atoms with Crippen LogP contribution in [-0.4, -0.2) is 95.4 Å². The van der Waals surface area contributed by atoms with Crippen LogP contribution in [0.2, 0.25) is 10.0 Å². The number of carboxylic acids is 1. The molecule has 298 valence electrons. The van der Waals surface area contributed by atoms with Gasteiger partial charge in [0.25, 0.3) is 0 Å². The van der Waals surface area contributed by atoms with Crippen molar-refractivity contribution in [1.82, 2.24) is 14.3 Å². The third kappa shape index (κ3) is 14.9. The molecule has 0 spiro atoms. The summed E-state index contributed by atoms with van der Waals surface area (Å²) in [4.78, 5) is 44.8. The zero-order chi connectivity index (χ0) is 41.0. The Kier molecular flexibility index (Phi) is 19.1. The van der Waals surface area contributed by atoms with E-state index in [2.05, 4.69) is 22.8 Å². The quantitative estimate of drug-likeness (QED) is 0.121. The number of aromatic nitrogens is 3. The minimum absolute atomic E-state index is 0.0223. The third-order valence-electron chi connectivity index (χ3n) is 7.08. The number of alkyl halides is 3. The molecule has 0 saturated carbocycles. The maximum Gasteiger partial charge on any atom is 0.355 e. The van der Waals surface area contributed by atoms with E-state index in [0.29, 0.717) is 11.3 Å². The second-order valence-electron chi connectivity index (χ2n) is 11.7. The third-order valence-corrected chi connectivity index (χ3v) is 9.61. The summed E-state index contributed by atoms with van der Waals surface area (Å²) < 4.78 is 67.1. The van der Waals surface area contributed by atoms with E-state index in [9.17, 15) is 36.1 Å². The number of nitrogens with zero attached hydrogens (tertiary/aromatic N) is 4. The first-order chi connectivity index (χ1) is 24.4. The molecule has 5 N–H and O–H groups in total. The Hall–Kier alpha value is -3.09. The zero-order valence-electron chi connectivity index (χ0n) is 30.0. The molecule has 3 rings (SSSR count). The Bertz CT molecular complexity index is 1940. The van der Waals surface area contributed by atoms with E-state index in [1.54, 1.807) is 12.0 Å². The first-order valence-corrected chi connectivity index (χ1v) is 21.0. The predicted octanol–water partition coefficient (Wildman–Crippen LogP) is 5.27. The number of aryl methyl sites for hydroxylation is 3. The Morgan fingerprint density at radius 2 is 1.79 bits per heavy atom. The average Bonchev–Trinajstić information content (AvgIpc) is 3.34. The van der Waals surface area contributed by atoms with Crippen LogP contribution in [0.4, 0.5) is 20.2 Å². The number of carbonyl (C=O) groups is 2. The van der Waals surface area contributed by atoms with Crippen LogP contribution in [0.1, 0.15) is 43.8 Å². The van der Waals surface area contributed by atoms with Gasteiger partial charge in [0.2, 0.25) is 15.9 Å². The molecule has 1 amide bonds. The van der Waals surface area contributed by atoms with Gasteiger partial charge in [0, 0.05) is 19.9 Å². The lowest BCUT2D eigenvalue weighted by Crippen LogP contribution is -2.43. The summed E-state index contributed by atoms with van der Waals surface area (Å²) >= 11 is 17.6. The van der Waals surface area contributed by atoms with Crippen molar-refractivity contribution < 1.29 is 46.1 Å². The molecule has 0 fully saturated rings. The van der Waals surface area contributed by atoms with Crippen LogP contribution in [0, 0.1) is 13.8 Å². The van der Waals surface area contributed by atoms with Gasteiger partial charge in [0.15, 0.2) is 7.37 Å². The Morgan fingerprint density at radius 1 is 1.19 bits per heavy atom. The number of anilines is 2. The van der Waals surface area contributed by atoms with E-state index < -0.39 is 41.6 Å². The topological polar surface area (TPSA) is 216 Å². The van der Waals surface area contributed by atoms with E-state index in [1.807, 2.05) is 26.0 Å². The van der Waals surface area contributed by atoms with E-state index in [4.69, 9.17) is 55.3 Å². The molecule has 53 heavy (non-hydrogen) atoms. The molecule has 0 aliphatic rings. The number of ether oxygens (including phenoxy) is 1. The van der Waals surface area contributed by atoms with Gasteiger partial charge in [-0.2, -0.15) is 13.5 Å². The van der Waals surface area contributed by atoms with E-state index in [-0.39, 0.29) is 62.2 Å². The molecular formula is C31H44Cl3F2N6O9PS. The van der Waals surface area contributed by atoms with Crippen molar-refractivity contribution in [1.29, 1.82) is 0 Å².